The molecule has 1 aliphatic heterocycles. The van der Waals surface area contributed by atoms with Crippen LogP contribution < -0.4 is 11.2 Å². The summed E-state index contributed by atoms with van der Waals surface area (Å²) in [5.41, 5.74) is -0.241. The summed E-state index contributed by atoms with van der Waals surface area (Å²) in [6.45, 7) is 1.74. The highest BCUT2D eigenvalue weighted by Crippen LogP contribution is 2.27. The lowest BCUT2D eigenvalue weighted by atomic mass is 10.1. The first-order chi connectivity index (χ1) is 12.0. The molecule has 0 unspecified atom stereocenters. The number of halogens is 1. The summed E-state index contributed by atoms with van der Waals surface area (Å²) in [4.78, 5) is 25.0. The minimum atomic E-state index is -0.822. The van der Waals surface area contributed by atoms with E-state index in [-0.39, 0.29) is 18.6 Å². The van der Waals surface area contributed by atoms with E-state index in [1.165, 1.54) is 15.3 Å². The van der Waals surface area contributed by atoms with E-state index >= 15 is 0 Å². The second kappa shape index (κ2) is 9.66. The Morgan fingerprint density at radius 3 is 2.56 bits per heavy atom. The quantitative estimate of drug-likeness (QED) is 0.465. The fourth-order valence-electron chi connectivity index (χ4n) is 3.11. The summed E-state index contributed by atoms with van der Waals surface area (Å²) >= 11 is 3.40. The first kappa shape index (κ1) is 20.4. The summed E-state index contributed by atoms with van der Waals surface area (Å²) < 4.78 is 8.17. The van der Waals surface area contributed by atoms with Gasteiger partial charge in [-0.25, -0.2) is 4.79 Å². The van der Waals surface area contributed by atoms with Crippen LogP contribution in [0.5, 0.6) is 0 Å². The summed E-state index contributed by atoms with van der Waals surface area (Å²) in [6, 6.07) is 0. The molecule has 2 N–H and O–H groups in total. The van der Waals surface area contributed by atoms with E-state index in [0.717, 1.165) is 37.4 Å². The molecule has 8 heteroatoms. The van der Waals surface area contributed by atoms with Gasteiger partial charge in [-0.3, -0.25) is 13.9 Å². The molecule has 1 aromatic heterocycles. The second-order valence-electron chi connectivity index (χ2n) is 6.53. The number of aryl methyl sites for hydroxylation is 1. The molecule has 25 heavy (non-hydrogen) atoms. The molecule has 0 aliphatic carbocycles. The van der Waals surface area contributed by atoms with Crippen LogP contribution in [-0.4, -0.2) is 43.5 Å². The Morgan fingerprint density at radius 1 is 1.24 bits per heavy atom. The number of aliphatic hydroxyl groups is 2. The smallest absolute Gasteiger partial charge is 0.333 e. The first-order valence-corrected chi connectivity index (χ1v) is 9.94. The molecule has 1 saturated heterocycles. The Balaban J connectivity index is 2.11. The number of aromatic nitrogens is 2. The van der Waals surface area contributed by atoms with Gasteiger partial charge in [-0.05, 0) is 19.8 Å². The van der Waals surface area contributed by atoms with E-state index in [1.807, 2.05) is 0 Å². The Labute approximate surface area is 155 Å². The van der Waals surface area contributed by atoms with Crippen LogP contribution in [0, 0.1) is 6.92 Å². The van der Waals surface area contributed by atoms with E-state index < -0.39 is 24.1 Å². The van der Waals surface area contributed by atoms with Crippen molar-refractivity contribution in [2.24, 2.45) is 0 Å². The van der Waals surface area contributed by atoms with Gasteiger partial charge in [0.15, 0.2) is 0 Å². The molecule has 2 heterocycles. The van der Waals surface area contributed by atoms with Gasteiger partial charge in [0.05, 0.1) is 12.7 Å². The highest BCUT2D eigenvalue weighted by Gasteiger charge is 2.35. The minimum Gasteiger partial charge on any atom is -0.394 e. The number of aliphatic hydroxyl groups excluding tert-OH is 2. The van der Waals surface area contributed by atoms with Crippen LogP contribution in [0.4, 0.5) is 0 Å². The molecule has 0 saturated carbocycles. The van der Waals surface area contributed by atoms with Gasteiger partial charge in [0, 0.05) is 30.1 Å². The molecule has 2 rings (SSSR count). The fourth-order valence-corrected chi connectivity index (χ4v) is 3.50. The van der Waals surface area contributed by atoms with Gasteiger partial charge in [-0.15, -0.1) is 0 Å². The van der Waals surface area contributed by atoms with Crippen molar-refractivity contribution in [2.45, 2.75) is 70.4 Å². The molecule has 1 aliphatic rings. The highest BCUT2D eigenvalue weighted by molar-refractivity contribution is 9.09. The van der Waals surface area contributed by atoms with Crippen molar-refractivity contribution in [3.63, 3.8) is 0 Å². The largest absolute Gasteiger partial charge is 0.394 e. The first-order valence-electron chi connectivity index (χ1n) is 8.82. The zero-order valence-corrected chi connectivity index (χ0v) is 16.2. The van der Waals surface area contributed by atoms with Crippen molar-refractivity contribution >= 4 is 15.9 Å². The van der Waals surface area contributed by atoms with E-state index in [0.29, 0.717) is 12.1 Å². The number of rotatable bonds is 9. The fraction of sp³-hybridized carbons (Fsp3) is 0.765. The molecule has 0 radical (unpaired) electrons. The molecule has 1 aromatic rings. The van der Waals surface area contributed by atoms with Crippen LogP contribution in [0.3, 0.4) is 0 Å². The third-order valence-corrected chi connectivity index (χ3v) is 5.14. The topological polar surface area (TPSA) is 93.7 Å². The summed E-state index contributed by atoms with van der Waals surface area (Å²) in [5, 5.41) is 20.1. The van der Waals surface area contributed by atoms with Crippen molar-refractivity contribution in [3.05, 3.63) is 32.6 Å². The van der Waals surface area contributed by atoms with Gasteiger partial charge in [0.2, 0.25) is 0 Å². The average Bonchev–Trinajstić information content (AvgIpc) is 2.97. The Morgan fingerprint density at radius 2 is 1.92 bits per heavy atom. The number of hydrogen-bond acceptors (Lipinski definition) is 5. The van der Waals surface area contributed by atoms with Gasteiger partial charge in [-0.1, -0.05) is 35.2 Å². The molecule has 1 fully saturated rings. The Kier molecular flexibility index (Phi) is 7.86. The van der Waals surface area contributed by atoms with Crippen LogP contribution in [0.1, 0.15) is 50.3 Å². The molecule has 0 spiro atoms. The monoisotopic (exact) mass is 418 g/mol. The van der Waals surface area contributed by atoms with E-state index in [1.54, 1.807) is 6.92 Å². The van der Waals surface area contributed by atoms with E-state index in [9.17, 15) is 19.8 Å². The van der Waals surface area contributed by atoms with Crippen molar-refractivity contribution in [1.82, 2.24) is 9.13 Å². The molecule has 0 aromatic carbocycles. The molecular formula is C17H27BrN2O5. The number of hydrogen-bond donors (Lipinski definition) is 2. The summed E-state index contributed by atoms with van der Waals surface area (Å²) in [7, 11) is 0. The van der Waals surface area contributed by atoms with Gasteiger partial charge in [0.25, 0.3) is 5.56 Å². The zero-order chi connectivity index (χ0) is 18.4. The van der Waals surface area contributed by atoms with Gasteiger partial charge >= 0.3 is 5.69 Å². The van der Waals surface area contributed by atoms with Gasteiger partial charge in [0.1, 0.15) is 12.3 Å². The van der Waals surface area contributed by atoms with Gasteiger partial charge in [-0.2, -0.15) is 0 Å². The molecule has 0 bridgehead atoms. The molecule has 3 atom stereocenters. The molecule has 0 amide bonds. The number of unbranched alkanes of at least 4 members (excludes halogenated alkanes) is 4. The standard InChI is InChI=1S/C17H27BrN2O5/c1-12-10-20(15-9-13(22)14(11-21)25-15)17(24)19(16(12)23)8-6-4-2-3-5-7-18/h10,13-15,21-22H,2-9,11H2,1H3/t13-,14+,15+/m0/s1. The predicted octanol–water partition coefficient (Wildman–Crippen LogP) is 1.30. The lowest BCUT2D eigenvalue weighted by Crippen LogP contribution is -2.42. The molecule has 142 valence electrons. The van der Waals surface area contributed by atoms with Crippen LogP contribution in [-0.2, 0) is 11.3 Å². The van der Waals surface area contributed by atoms with Crippen molar-refractivity contribution < 1.29 is 14.9 Å². The van der Waals surface area contributed by atoms with Crippen molar-refractivity contribution in [3.8, 4) is 0 Å². The predicted molar refractivity (Wildman–Crippen MR) is 98.2 cm³/mol. The lowest BCUT2D eigenvalue weighted by molar-refractivity contribution is -0.0464. The molecule has 7 nitrogen and oxygen atoms in total. The highest BCUT2D eigenvalue weighted by atomic mass is 79.9. The average molecular weight is 419 g/mol. The van der Waals surface area contributed by atoms with Crippen LogP contribution in [0.2, 0.25) is 0 Å². The van der Waals surface area contributed by atoms with Crippen molar-refractivity contribution in [1.29, 1.82) is 0 Å². The Bertz CT molecular complexity index is 672. The van der Waals surface area contributed by atoms with E-state index in [2.05, 4.69) is 15.9 Å². The number of nitrogens with zero attached hydrogens (tertiary/aromatic N) is 2. The summed E-state index contributed by atoms with van der Waals surface area (Å²) in [6.07, 6.45) is 4.60. The third kappa shape index (κ3) is 5.03. The normalized spacial score (nSPS) is 23.3. The maximum Gasteiger partial charge on any atom is 0.333 e. The van der Waals surface area contributed by atoms with Crippen molar-refractivity contribution in [2.75, 3.05) is 11.9 Å². The van der Waals surface area contributed by atoms with Crippen LogP contribution in [0.15, 0.2) is 15.8 Å². The van der Waals surface area contributed by atoms with Crippen LogP contribution >= 0.6 is 15.9 Å². The Hall–Kier alpha value is -0.960. The molecular weight excluding hydrogens is 392 g/mol. The SMILES string of the molecule is Cc1cn([C@H]2C[C@H](O)[C@@H](CO)O2)c(=O)n(CCCCCCCBr)c1=O. The minimum absolute atomic E-state index is 0.218. The number of ether oxygens (including phenoxy) is 1. The number of alkyl halides is 1. The van der Waals surface area contributed by atoms with E-state index in [4.69, 9.17) is 4.74 Å². The summed E-state index contributed by atoms with van der Waals surface area (Å²) in [5.74, 6) is 0. The second-order valence-corrected chi connectivity index (χ2v) is 7.32. The zero-order valence-electron chi connectivity index (χ0n) is 14.6. The van der Waals surface area contributed by atoms with Crippen LogP contribution in [0.25, 0.3) is 0 Å². The maximum absolute atomic E-state index is 12.7. The third-order valence-electron chi connectivity index (χ3n) is 4.58. The lowest BCUT2D eigenvalue weighted by Gasteiger charge is -2.17. The van der Waals surface area contributed by atoms with Gasteiger partial charge < -0.3 is 14.9 Å². The maximum atomic E-state index is 12.7.